The van der Waals surface area contributed by atoms with Crippen molar-refractivity contribution in [1.29, 1.82) is 0 Å². The number of rotatable bonds is 1. The summed E-state index contributed by atoms with van der Waals surface area (Å²) in [5.74, 6) is -0.746. The maximum atomic E-state index is 13.4. The van der Waals surface area contributed by atoms with Gasteiger partial charge in [0.15, 0.2) is 0 Å². The van der Waals surface area contributed by atoms with Gasteiger partial charge in [0.25, 0.3) is 0 Å². The maximum Gasteiger partial charge on any atom is 0.319 e. The molecule has 2 rings (SSSR count). The monoisotopic (exact) mass is 270 g/mol. The summed E-state index contributed by atoms with van der Waals surface area (Å²) in [5.41, 5.74) is 0.395. The third-order valence-corrected chi connectivity index (χ3v) is 2.83. The highest BCUT2D eigenvalue weighted by Crippen LogP contribution is 2.34. The fraction of sp³-hybridized carbons (Fsp3) is 0.182. The van der Waals surface area contributed by atoms with Crippen LogP contribution in [-0.4, -0.2) is 5.97 Å². The van der Waals surface area contributed by atoms with Crippen molar-refractivity contribution in [2.24, 2.45) is 0 Å². The molecule has 0 amide bonds. The van der Waals surface area contributed by atoms with Crippen LogP contribution in [0, 0.1) is 5.82 Å². The topological polar surface area (TPSA) is 26.3 Å². The Morgan fingerprint density at radius 3 is 2.80 bits per heavy atom. The highest BCUT2D eigenvalue weighted by atomic mass is 79.9. The van der Waals surface area contributed by atoms with Crippen molar-refractivity contribution >= 4 is 21.9 Å². The molecule has 1 aliphatic rings. The third-order valence-electron chi connectivity index (χ3n) is 2.32. The van der Waals surface area contributed by atoms with Crippen molar-refractivity contribution in [2.75, 3.05) is 0 Å². The smallest absolute Gasteiger partial charge is 0.319 e. The first-order chi connectivity index (χ1) is 7.22. The number of hydrogen-bond donors (Lipinski definition) is 0. The number of carbonyl (C=O) groups is 1. The summed E-state index contributed by atoms with van der Waals surface area (Å²) < 4.78 is 18.3. The van der Waals surface area contributed by atoms with Crippen LogP contribution in [-0.2, 0) is 9.53 Å². The second-order valence-corrected chi connectivity index (χ2v) is 3.73. The van der Waals surface area contributed by atoms with Gasteiger partial charge in [0, 0.05) is 17.0 Å². The predicted molar refractivity (Wildman–Crippen MR) is 56.9 cm³/mol. The fourth-order valence-electron chi connectivity index (χ4n) is 1.59. The van der Waals surface area contributed by atoms with Gasteiger partial charge in [-0.25, -0.2) is 4.39 Å². The highest BCUT2D eigenvalue weighted by molar-refractivity contribution is 9.11. The van der Waals surface area contributed by atoms with Crippen molar-refractivity contribution in [3.05, 3.63) is 46.4 Å². The summed E-state index contributed by atoms with van der Waals surface area (Å²) in [6.45, 7) is 0. The molecule has 0 aliphatic carbocycles. The molecular weight excluding hydrogens is 263 g/mol. The molecule has 0 saturated carbocycles. The minimum Gasteiger partial charge on any atom is -0.430 e. The van der Waals surface area contributed by atoms with Crippen molar-refractivity contribution in [3.63, 3.8) is 0 Å². The van der Waals surface area contributed by atoms with Crippen LogP contribution in [0.15, 0.2) is 35.0 Å². The van der Waals surface area contributed by atoms with Crippen molar-refractivity contribution in [3.8, 4) is 0 Å². The van der Waals surface area contributed by atoms with Gasteiger partial charge in [0.2, 0.25) is 0 Å². The summed E-state index contributed by atoms with van der Waals surface area (Å²) in [4.78, 5) is 13.0. The lowest BCUT2D eigenvalue weighted by Gasteiger charge is -2.05. The number of benzene rings is 1. The molecule has 1 aromatic carbocycles. The summed E-state index contributed by atoms with van der Waals surface area (Å²) >= 11 is 3.09. The van der Waals surface area contributed by atoms with E-state index < -0.39 is 11.9 Å². The van der Waals surface area contributed by atoms with E-state index in [-0.39, 0.29) is 5.82 Å². The zero-order valence-electron chi connectivity index (χ0n) is 7.74. The van der Waals surface area contributed by atoms with Gasteiger partial charge in [0.1, 0.15) is 11.6 Å². The average Bonchev–Trinajstić information content (AvgIpc) is 2.60. The Hall–Kier alpha value is -1.16. The molecule has 1 atom stereocenters. The summed E-state index contributed by atoms with van der Waals surface area (Å²) in [6, 6.07) is 6.26. The van der Waals surface area contributed by atoms with Gasteiger partial charge in [-0.15, -0.1) is 0 Å². The lowest BCUT2D eigenvalue weighted by molar-refractivity contribution is -0.136. The molecule has 1 heterocycles. The molecule has 1 aromatic rings. The normalized spacial score (nSPS) is 23.2. The number of carbonyl (C=O) groups excluding carboxylic acids is 1. The zero-order valence-corrected chi connectivity index (χ0v) is 9.33. The van der Waals surface area contributed by atoms with E-state index in [1.54, 1.807) is 23.2 Å². The van der Waals surface area contributed by atoms with Crippen LogP contribution in [0.2, 0.25) is 0 Å². The zero-order chi connectivity index (χ0) is 10.8. The lowest BCUT2D eigenvalue weighted by atomic mass is 9.97. The third kappa shape index (κ3) is 1.95. The molecule has 0 spiro atoms. The molecule has 0 N–H and O–H groups in total. The van der Waals surface area contributed by atoms with Crippen molar-refractivity contribution in [1.82, 2.24) is 0 Å². The molecule has 1 fully saturated rings. The Labute approximate surface area is 94.9 Å². The van der Waals surface area contributed by atoms with E-state index >= 15 is 0 Å². The van der Waals surface area contributed by atoms with Gasteiger partial charge in [-0.3, -0.25) is 4.79 Å². The molecule has 78 valence electrons. The van der Waals surface area contributed by atoms with Crippen LogP contribution in [0.1, 0.15) is 17.9 Å². The molecule has 1 aliphatic heterocycles. The van der Waals surface area contributed by atoms with E-state index in [0.29, 0.717) is 17.7 Å². The van der Waals surface area contributed by atoms with Gasteiger partial charge in [0.05, 0.1) is 5.92 Å². The van der Waals surface area contributed by atoms with E-state index in [9.17, 15) is 9.18 Å². The Bertz CT molecular complexity index is 428. The predicted octanol–water partition coefficient (Wildman–Crippen LogP) is 3.09. The Morgan fingerprint density at radius 2 is 2.20 bits per heavy atom. The second kappa shape index (κ2) is 4.14. The summed E-state index contributed by atoms with van der Waals surface area (Å²) in [6.07, 6.45) is 0.408. The minimum atomic E-state index is -0.519. The molecule has 0 aromatic heterocycles. The first-order valence-electron chi connectivity index (χ1n) is 4.47. The number of ether oxygens (including phenoxy) is 1. The number of esters is 1. The van der Waals surface area contributed by atoms with E-state index in [0.717, 1.165) is 0 Å². The molecule has 0 radical (unpaired) electrons. The molecule has 2 nitrogen and oxygen atoms in total. The Morgan fingerprint density at radius 1 is 1.47 bits per heavy atom. The molecule has 4 heteroatoms. The van der Waals surface area contributed by atoms with Crippen LogP contribution < -0.4 is 0 Å². The van der Waals surface area contributed by atoms with E-state index in [2.05, 4.69) is 15.9 Å². The fourth-order valence-corrected chi connectivity index (χ4v) is 1.87. The van der Waals surface area contributed by atoms with Crippen LogP contribution >= 0.6 is 15.9 Å². The van der Waals surface area contributed by atoms with Crippen LogP contribution in [0.4, 0.5) is 4.39 Å². The molecule has 0 bridgehead atoms. The molecule has 1 saturated heterocycles. The minimum absolute atomic E-state index is 0.365. The quantitative estimate of drug-likeness (QED) is 0.734. The SMILES string of the molecule is O=C1O/C(=C/Br)CC1c1ccccc1F. The first-order valence-corrected chi connectivity index (χ1v) is 5.39. The van der Waals surface area contributed by atoms with Gasteiger partial charge < -0.3 is 4.74 Å². The summed E-state index contributed by atoms with van der Waals surface area (Å²) in [7, 11) is 0. The Balaban J connectivity index is 2.33. The highest BCUT2D eigenvalue weighted by Gasteiger charge is 2.33. The van der Waals surface area contributed by atoms with Crippen LogP contribution in [0.5, 0.6) is 0 Å². The second-order valence-electron chi connectivity index (χ2n) is 3.27. The lowest BCUT2D eigenvalue weighted by Crippen LogP contribution is -2.07. The van der Waals surface area contributed by atoms with E-state index in [1.165, 1.54) is 6.07 Å². The first kappa shape index (κ1) is 10.4. The number of allylic oxidation sites excluding steroid dienone is 1. The van der Waals surface area contributed by atoms with Gasteiger partial charge >= 0.3 is 5.97 Å². The Kier molecular flexibility index (Phi) is 2.86. The van der Waals surface area contributed by atoms with Gasteiger partial charge in [-0.2, -0.15) is 0 Å². The van der Waals surface area contributed by atoms with E-state index in [4.69, 9.17) is 4.74 Å². The van der Waals surface area contributed by atoms with Crippen molar-refractivity contribution < 1.29 is 13.9 Å². The van der Waals surface area contributed by atoms with Gasteiger partial charge in [-0.05, 0) is 6.07 Å². The molecular formula is C11H8BrFO2. The number of cyclic esters (lactones) is 1. The molecule has 1 unspecified atom stereocenters. The standard InChI is InChI=1S/C11H8BrFO2/c12-6-7-5-9(11(14)15-7)8-3-1-2-4-10(8)13/h1-4,6,9H,5H2/b7-6+. The summed E-state index contributed by atoms with van der Waals surface area (Å²) in [5, 5.41) is 0. The van der Waals surface area contributed by atoms with Crippen LogP contribution in [0.3, 0.4) is 0 Å². The average molecular weight is 271 g/mol. The van der Waals surface area contributed by atoms with Crippen molar-refractivity contribution in [2.45, 2.75) is 12.3 Å². The van der Waals surface area contributed by atoms with Gasteiger partial charge in [-0.1, -0.05) is 34.1 Å². The maximum absolute atomic E-state index is 13.4. The number of hydrogen-bond acceptors (Lipinski definition) is 2. The van der Waals surface area contributed by atoms with Crippen LogP contribution in [0.25, 0.3) is 0 Å². The van der Waals surface area contributed by atoms with E-state index in [1.807, 2.05) is 0 Å². The largest absolute Gasteiger partial charge is 0.430 e. The molecule has 15 heavy (non-hydrogen) atoms. The number of halogens is 2.